The van der Waals surface area contributed by atoms with E-state index in [1.54, 1.807) is 6.33 Å². The Kier molecular flexibility index (Phi) is 3.72. The number of nitrogens with zero attached hydrogens (tertiary/aromatic N) is 3. The minimum Gasteiger partial charge on any atom is -0.351 e. The summed E-state index contributed by atoms with van der Waals surface area (Å²) >= 11 is 0. The molecule has 1 aliphatic rings. The van der Waals surface area contributed by atoms with Crippen LogP contribution in [0.3, 0.4) is 0 Å². The molecule has 4 heteroatoms. The first-order chi connectivity index (χ1) is 7.85. The highest BCUT2D eigenvalue weighted by atomic mass is 15.3. The SMILES string of the molecule is CCCc1cc(N(CC)C2CNC2)ncn1. The van der Waals surface area contributed by atoms with E-state index in [1.807, 2.05) is 0 Å². The molecule has 0 bridgehead atoms. The zero-order chi connectivity index (χ0) is 11.4. The van der Waals surface area contributed by atoms with Crippen molar-refractivity contribution >= 4 is 5.82 Å². The maximum atomic E-state index is 4.38. The van der Waals surface area contributed by atoms with Gasteiger partial charge in [-0.15, -0.1) is 0 Å². The second kappa shape index (κ2) is 5.25. The summed E-state index contributed by atoms with van der Waals surface area (Å²) in [6.07, 6.45) is 3.86. The van der Waals surface area contributed by atoms with Crippen molar-refractivity contribution in [3.63, 3.8) is 0 Å². The monoisotopic (exact) mass is 220 g/mol. The van der Waals surface area contributed by atoms with E-state index in [2.05, 4.69) is 40.1 Å². The van der Waals surface area contributed by atoms with E-state index in [0.29, 0.717) is 6.04 Å². The van der Waals surface area contributed by atoms with Crippen LogP contribution in [0, 0.1) is 0 Å². The fourth-order valence-electron chi connectivity index (χ4n) is 2.04. The molecule has 0 radical (unpaired) electrons. The fraction of sp³-hybridized carbons (Fsp3) is 0.667. The molecule has 0 aliphatic carbocycles. The van der Waals surface area contributed by atoms with Crippen molar-refractivity contribution in [1.82, 2.24) is 15.3 Å². The number of aryl methyl sites for hydroxylation is 1. The van der Waals surface area contributed by atoms with E-state index >= 15 is 0 Å². The number of likely N-dealkylation sites (N-methyl/N-ethyl adjacent to an activating group) is 1. The maximum Gasteiger partial charge on any atom is 0.132 e. The third-order valence-electron chi connectivity index (χ3n) is 3.05. The van der Waals surface area contributed by atoms with Gasteiger partial charge >= 0.3 is 0 Å². The van der Waals surface area contributed by atoms with Crippen LogP contribution in [0.15, 0.2) is 12.4 Å². The lowest BCUT2D eigenvalue weighted by Gasteiger charge is -2.38. The lowest BCUT2D eigenvalue weighted by atomic mass is 10.1. The van der Waals surface area contributed by atoms with Crippen LogP contribution in [0.25, 0.3) is 0 Å². The lowest BCUT2D eigenvalue weighted by Crippen LogP contribution is -2.57. The summed E-state index contributed by atoms with van der Waals surface area (Å²) in [6.45, 7) is 7.51. The van der Waals surface area contributed by atoms with E-state index in [1.165, 1.54) is 0 Å². The van der Waals surface area contributed by atoms with E-state index < -0.39 is 0 Å². The highest BCUT2D eigenvalue weighted by molar-refractivity contribution is 5.41. The van der Waals surface area contributed by atoms with Gasteiger partial charge in [-0.2, -0.15) is 0 Å². The average molecular weight is 220 g/mol. The number of nitrogens with one attached hydrogen (secondary N) is 1. The minimum absolute atomic E-state index is 0.606. The van der Waals surface area contributed by atoms with Gasteiger partial charge in [0.2, 0.25) is 0 Å². The van der Waals surface area contributed by atoms with Gasteiger partial charge in [0.15, 0.2) is 0 Å². The van der Waals surface area contributed by atoms with Gasteiger partial charge in [-0.3, -0.25) is 0 Å². The largest absolute Gasteiger partial charge is 0.351 e. The first-order valence-electron chi connectivity index (χ1n) is 6.13. The van der Waals surface area contributed by atoms with Crippen molar-refractivity contribution in [2.24, 2.45) is 0 Å². The second-order valence-corrected chi connectivity index (χ2v) is 4.22. The molecule has 88 valence electrons. The van der Waals surface area contributed by atoms with Crippen molar-refractivity contribution in [1.29, 1.82) is 0 Å². The predicted octanol–water partition coefficient (Wildman–Crippen LogP) is 1.23. The first-order valence-corrected chi connectivity index (χ1v) is 6.13. The van der Waals surface area contributed by atoms with Crippen molar-refractivity contribution < 1.29 is 0 Å². The zero-order valence-electron chi connectivity index (χ0n) is 10.1. The summed E-state index contributed by atoms with van der Waals surface area (Å²) in [5.41, 5.74) is 1.15. The van der Waals surface area contributed by atoms with Gasteiger partial charge in [-0.1, -0.05) is 13.3 Å². The van der Waals surface area contributed by atoms with Crippen molar-refractivity contribution in [3.8, 4) is 0 Å². The normalized spacial score (nSPS) is 15.9. The quantitative estimate of drug-likeness (QED) is 0.810. The number of hydrogen-bond donors (Lipinski definition) is 1. The highest BCUT2D eigenvalue weighted by Gasteiger charge is 2.24. The molecule has 1 fully saturated rings. The topological polar surface area (TPSA) is 41.0 Å². The van der Waals surface area contributed by atoms with Crippen LogP contribution >= 0.6 is 0 Å². The Morgan fingerprint density at radius 3 is 2.75 bits per heavy atom. The standard InChI is InChI=1S/C12H20N4/c1-3-5-10-6-12(15-9-14-10)16(4-2)11-7-13-8-11/h6,9,11,13H,3-5,7-8H2,1-2H3. The van der Waals surface area contributed by atoms with Crippen LogP contribution in [0.2, 0.25) is 0 Å². The zero-order valence-corrected chi connectivity index (χ0v) is 10.1. The smallest absolute Gasteiger partial charge is 0.132 e. The second-order valence-electron chi connectivity index (χ2n) is 4.22. The van der Waals surface area contributed by atoms with Gasteiger partial charge in [0.1, 0.15) is 12.1 Å². The van der Waals surface area contributed by atoms with Crippen LogP contribution in [0.5, 0.6) is 0 Å². The summed E-state index contributed by atoms with van der Waals surface area (Å²) in [4.78, 5) is 11.0. The summed E-state index contributed by atoms with van der Waals surface area (Å²) in [7, 11) is 0. The molecule has 2 heterocycles. The van der Waals surface area contributed by atoms with Crippen molar-refractivity contribution in [2.75, 3.05) is 24.5 Å². The molecule has 0 unspecified atom stereocenters. The minimum atomic E-state index is 0.606. The third-order valence-corrected chi connectivity index (χ3v) is 3.05. The predicted molar refractivity (Wildman–Crippen MR) is 65.7 cm³/mol. The molecule has 0 spiro atoms. The summed E-state index contributed by atoms with van der Waals surface area (Å²) in [5, 5.41) is 3.30. The molecule has 0 atom stereocenters. The maximum absolute atomic E-state index is 4.38. The van der Waals surface area contributed by atoms with E-state index in [0.717, 1.165) is 44.0 Å². The van der Waals surface area contributed by atoms with Crippen LogP contribution in [0.4, 0.5) is 5.82 Å². The van der Waals surface area contributed by atoms with Gasteiger partial charge in [-0.05, 0) is 13.3 Å². The van der Waals surface area contributed by atoms with Gasteiger partial charge < -0.3 is 10.2 Å². The van der Waals surface area contributed by atoms with Crippen LogP contribution < -0.4 is 10.2 Å². The summed E-state index contributed by atoms with van der Waals surface area (Å²) in [6, 6.07) is 2.74. The Hall–Kier alpha value is -1.16. The Morgan fingerprint density at radius 2 is 2.19 bits per heavy atom. The van der Waals surface area contributed by atoms with E-state index in [4.69, 9.17) is 0 Å². The first kappa shape index (κ1) is 11.3. The molecule has 1 aromatic heterocycles. The Bertz CT molecular complexity index is 336. The molecule has 16 heavy (non-hydrogen) atoms. The molecular formula is C12H20N4. The number of rotatable bonds is 5. The van der Waals surface area contributed by atoms with Crippen molar-refractivity contribution in [2.45, 2.75) is 32.7 Å². The molecule has 0 amide bonds. The summed E-state index contributed by atoms with van der Waals surface area (Å²) in [5.74, 6) is 1.08. The van der Waals surface area contributed by atoms with Crippen LogP contribution in [0.1, 0.15) is 26.0 Å². The van der Waals surface area contributed by atoms with Gasteiger partial charge in [-0.25, -0.2) is 9.97 Å². The fourth-order valence-corrected chi connectivity index (χ4v) is 2.04. The number of aromatic nitrogens is 2. The number of anilines is 1. The lowest BCUT2D eigenvalue weighted by molar-refractivity contribution is 0.415. The van der Waals surface area contributed by atoms with Crippen LogP contribution in [-0.2, 0) is 6.42 Å². The molecule has 1 aromatic rings. The van der Waals surface area contributed by atoms with E-state index in [-0.39, 0.29) is 0 Å². The average Bonchev–Trinajstić information content (AvgIpc) is 2.24. The molecule has 0 saturated carbocycles. The van der Waals surface area contributed by atoms with Gasteiger partial charge in [0.25, 0.3) is 0 Å². The summed E-state index contributed by atoms with van der Waals surface area (Å²) < 4.78 is 0. The third kappa shape index (κ3) is 2.32. The van der Waals surface area contributed by atoms with Gasteiger partial charge in [0, 0.05) is 31.4 Å². The Morgan fingerprint density at radius 1 is 1.38 bits per heavy atom. The van der Waals surface area contributed by atoms with Crippen LogP contribution in [-0.4, -0.2) is 35.6 Å². The molecule has 1 saturated heterocycles. The highest BCUT2D eigenvalue weighted by Crippen LogP contribution is 2.16. The van der Waals surface area contributed by atoms with Crippen molar-refractivity contribution in [3.05, 3.63) is 18.1 Å². The molecular weight excluding hydrogens is 200 g/mol. The molecule has 4 nitrogen and oxygen atoms in total. The van der Waals surface area contributed by atoms with Gasteiger partial charge in [0.05, 0.1) is 6.04 Å². The molecule has 1 aliphatic heterocycles. The molecule has 1 N–H and O–H groups in total. The Balaban J connectivity index is 2.13. The number of hydrogen-bond acceptors (Lipinski definition) is 4. The Labute approximate surface area is 97.1 Å². The molecule has 2 rings (SSSR count). The molecule has 0 aromatic carbocycles. The van der Waals surface area contributed by atoms with E-state index in [9.17, 15) is 0 Å².